The highest BCUT2D eigenvalue weighted by atomic mass is 35.5. The van der Waals surface area contributed by atoms with E-state index in [2.05, 4.69) is 37.1 Å². The van der Waals surface area contributed by atoms with Gasteiger partial charge in [0.15, 0.2) is 15.5 Å². The normalized spacial score (nSPS) is 18.0. The number of hydrogen-bond acceptors (Lipinski definition) is 16. The molecule has 0 aliphatic carbocycles. The van der Waals surface area contributed by atoms with Crippen molar-refractivity contribution in [3.8, 4) is 17.6 Å². The van der Waals surface area contributed by atoms with Gasteiger partial charge in [-0.25, -0.2) is 19.3 Å². The van der Waals surface area contributed by atoms with E-state index in [0.29, 0.717) is 79.1 Å². The molecule has 0 spiro atoms. The fraction of sp³-hybridized carbons (Fsp3) is 0.229. The average Bonchev–Trinajstić information content (AvgIpc) is 3.32. The first-order chi connectivity index (χ1) is 32.2. The van der Waals surface area contributed by atoms with E-state index in [1.54, 1.807) is 24.4 Å². The number of benzene rings is 4. The van der Waals surface area contributed by atoms with Gasteiger partial charge < -0.3 is 29.5 Å². The molecule has 0 radical (unpaired) electrons. The average molecular weight is 959 g/mol. The minimum atomic E-state index is -0.533. The SMILES string of the molecule is CSc1nc(O)c2c(n1)CC(c1cncc3c(Sc4nc(O)c5c(n4)C[C@@H](c4cc(CSc6nc(O)c7c(n6)CC(c6ccccc6F)OC7)cc6cccc(Cl)c46)OC5)cccc13)OC2. The van der Waals surface area contributed by atoms with Gasteiger partial charge in [-0.15, -0.1) is 0 Å². The molecule has 0 bridgehead atoms. The van der Waals surface area contributed by atoms with Gasteiger partial charge in [0, 0.05) is 69.2 Å². The quantitative estimate of drug-likeness (QED) is 0.0918. The summed E-state index contributed by atoms with van der Waals surface area (Å²) in [5, 5.41) is 38.1. The van der Waals surface area contributed by atoms with E-state index < -0.39 is 12.2 Å². The van der Waals surface area contributed by atoms with Crippen molar-refractivity contribution in [3.05, 3.63) is 152 Å². The summed E-state index contributed by atoms with van der Waals surface area (Å²) in [5.74, 6) is -0.233. The van der Waals surface area contributed by atoms with E-state index in [1.165, 1.54) is 41.4 Å². The van der Waals surface area contributed by atoms with Crippen molar-refractivity contribution in [1.29, 1.82) is 0 Å². The van der Waals surface area contributed by atoms with E-state index in [-0.39, 0.29) is 49.4 Å². The maximum atomic E-state index is 14.7. The van der Waals surface area contributed by atoms with E-state index in [0.717, 1.165) is 48.8 Å². The van der Waals surface area contributed by atoms with Crippen LogP contribution in [0.4, 0.5) is 4.39 Å². The standard InChI is InChI=1S/C48H37ClFN7O6S3/c1-64-46-52-35-16-40(63-21-30(35)43(58)55-46)28-17-51-18-29-25(28)8-5-11-41(29)66-48-54-37-15-39(62-20-32(37)45(60)57-48)27-13-23(12-24-6-4-9-33(49)42(24)27)22-65-47-53-36-14-38(26-7-2-3-10-34(26)50)61-19-31(36)44(59)56-47/h2-13,17-18,38-40H,14-16,19-22H2,1H3,(H,52,55,58)(H,53,56,59)(H,54,57,60)/t38?,39-,40?/m0/s1. The van der Waals surface area contributed by atoms with Crippen LogP contribution in [-0.2, 0) is 59.0 Å². The van der Waals surface area contributed by atoms with E-state index in [1.807, 2.05) is 48.9 Å². The Bertz CT molecular complexity index is 3240. The number of nitrogens with zero attached hydrogens (tertiary/aromatic N) is 7. The summed E-state index contributed by atoms with van der Waals surface area (Å²) in [6, 6.07) is 22.4. The number of thioether (sulfide) groups is 2. The third kappa shape index (κ3) is 8.16. The summed E-state index contributed by atoms with van der Waals surface area (Å²) >= 11 is 11.0. The summed E-state index contributed by atoms with van der Waals surface area (Å²) in [5.41, 5.74) is 6.84. The van der Waals surface area contributed by atoms with Crippen LogP contribution in [0.15, 0.2) is 106 Å². The number of halogens is 2. The van der Waals surface area contributed by atoms with Gasteiger partial charge >= 0.3 is 0 Å². The minimum absolute atomic E-state index is 0.0561. The Hall–Kier alpha value is -5.66. The minimum Gasteiger partial charge on any atom is -0.493 e. The van der Waals surface area contributed by atoms with Crippen LogP contribution in [0.3, 0.4) is 0 Å². The van der Waals surface area contributed by atoms with Crippen molar-refractivity contribution in [1.82, 2.24) is 34.9 Å². The first-order valence-electron chi connectivity index (χ1n) is 20.9. The first-order valence-corrected chi connectivity index (χ1v) is 24.4. The molecule has 7 heterocycles. The topological polar surface area (TPSA) is 179 Å². The van der Waals surface area contributed by atoms with Crippen LogP contribution in [-0.4, -0.2) is 56.5 Å². The van der Waals surface area contributed by atoms with Crippen molar-refractivity contribution in [2.24, 2.45) is 0 Å². The predicted octanol–water partition coefficient (Wildman–Crippen LogP) is 10.3. The van der Waals surface area contributed by atoms with Gasteiger partial charge in [0.2, 0.25) is 17.6 Å². The van der Waals surface area contributed by atoms with E-state index in [4.69, 9.17) is 35.8 Å². The van der Waals surface area contributed by atoms with Gasteiger partial charge in [-0.1, -0.05) is 89.7 Å². The molecule has 0 fully saturated rings. The fourth-order valence-corrected chi connectivity index (χ4v) is 11.2. The van der Waals surface area contributed by atoms with Crippen molar-refractivity contribution < 1.29 is 33.9 Å². The Balaban J connectivity index is 0.851. The lowest BCUT2D eigenvalue weighted by Gasteiger charge is -2.27. The van der Waals surface area contributed by atoms with Gasteiger partial charge in [0.1, 0.15) is 5.82 Å². The van der Waals surface area contributed by atoms with Crippen molar-refractivity contribution >= 4 is 68.4 Å². The molecule has 8 aromatic rings. The number of rotatable bonds is 9. The number of hydrogen-bond donors (Lipinski definition) is 3. The second-order valence-electron chi connectivity index (χ2n) is 16.0. The molecule has 3 aliphatic heterocycles. The molecule has 0 amide bonds. The molecule has 332 valence electrons. The second-order valence-corrected chi connectivity index (χ2v) is 19.1. The first kappa shape index (κ1) is 42.9. The lowest BCUT2D eigenvalue weighted by molar-refractivity contribution is 0.0217. The summed E-state index contributed by atoms with van der Waals surface area (Å²) < 4.78 is 33.3. The van der Waals surface area contributed by atoms with Crippen molar-refractivity contribution in [3.63, 3.8) is 0 Å². The summed E-state index contributed by atoms with van der Waals surface area (Å²) in [6.07, 6.45) is 5.25. The lowest BCUT2D eigenvalue weighted by atomic mass is 9.93. The van der Waals surface area contributed by atoms with Gasteiger partial charge in [-0.2, -0.15) is 15.0 Å². The molecule has 4 aromatic heterocycles. The Morgan fingerprint density at radius 3 is 1.94 bits per heavy atom. The van der Waals surface area contributed by atoms with Crippen LogP contribution < -0.4 is 0 Å². The number of fused-ring (bicyclic) bond motifs is 5. The lowest BCUT2D eigenvalue weighted by Crippen LogP contribution is -2.19. The van der Waals surface area contributed by atoms with Crippen LogP contribution >= 0.6 is 46.9 Å². The molecule has 0 saturated carbocycles. The van der Waals surface area contributed by atoms with Crippen molar-refractivity contribution in [2.75, 3.05) is 6.26 Å². The number of ether oxygens (including phenoxy) is 3. The molecule has 66 heavy (non-hydrogen) atoms. The van der Waals surface area contributed by atoms with Crippen LogP contribution in [0.25, 0.3) is 21.5 Å². The van der Waals surface area contributed by atoms with Crippen LogP contribution in [0, 0.1) is 5.82 Å². The third-order valence-corrected chi connectivity index (χ3v) is 14.8. The highest BCUT2D eigenvalue weighted by Gasteiger charge is 2.31. The molecule has 3 aliphatic rings. The van der Waals surface area contributed by atoms with Gasteiger partial charge in [0.25, 0.3) is 0 Å². The molecular weight excluding hydrogens is 921 g/mol. The largest absolute Gasteiger partial charge is 0.493 e. The monoisotopic (exact) mass is 957 g/mol. The molecule has 3 N–H and O–H groups in total. The number of pyridine rings is 1. The maximum absolute atomic E-state index is 14.7. The molecule has 4 aromatic carbocycles. The zero-order valence-electron chi connectivity index (χ0n) is 34.9. The van der Waals surface area contributed by atoms with Crippen LogP contribution in [0.2, 0.25) is 5.02 Å². The van der Waals surface area contributed by atoms with Gasteiger partial charge in [-0.05, 0) is 58.1 Å². The predicted molar refractivity (Wildman–Crippen MR) is 247 cm³/mol. The molecular formula is C48H37ClFN7O6S3. The van der Waals surface area contributed by atoms with E-state index in [9.17, 15) is 19.7 Å². The summed E-state index contributed by atoms with van der Waals surface area (Å²) in [7, 11) is 0. The zero-order valence-corrected chi connectivity index (χ0v) is 38.1. The summed E-state index contributed by atoms with van der Waals surface area (Å²) in [6.45, 7) is 0.344. The molecule has 13 nitrogen and oxygen atoms in total. The molecule has 0 saturated heterocycles. The Kier molecular flexibility index (Phi) is 11.6. The zero-order chi connectivity index (χ0) is 45.1. The summed E-state index contributed by atoms with van der Waals surface area (Å²) in [4.78, 5) is 33.0. The molecule has 2 unspecified atom stereocenters. The van der Waals surface area contributed by atoms with Gasteiger partial charge in [-0.3, -0.25) is 4.98 Å². The highest BCUT2D eigenvalue weighted by molar-refractivity contribution is 7.99. The van der Waals surface area contributed by atoms with Gasteiger partial charge in [0.05, 0.1) is 71.9 Å². The Morgan fingerprint density at radius 2 is 1.24 bits per heavy atom. The third-order valence-electron chi connectivity index (χ3n) is 12.1. The van der Waals surface area contributed by atoms with E-state index >= 15 is 0 Å². The van der Waals surface area contributed by atoms with Crippen LogP contribution in [0.5, 0.6) is 17.6 Å². The number of aromatic nitrogens is 7. The maximum Gasteiger partial charge on any atom is 0.220 e. The molecule has 11 rings (SSSR count). The Labute approximate surface area is 394 Å². The molecule has 3 atom stereocenters. The van der Waals surface area contributed by atoms with Crippen molar-refractivity contribution in [2.45, 2.75) is 83.5 Å². The van der Waals surface area contributed by atoms with Crippen LogP contribution in [0.1, 0.15) is 74.3 Å². The molecule has 18 heteroatoms. The smallest absolute Gasteiger partial charge is 0.220 e. The highest BCUT2D eigenvalue weighted by Crippen LogP contribution is 2.43. The Morgan fingerprint density at radius 1 is 0.636 bits per heavy atom. The number of aromatic hydroxyl groups is 3. The second kappa shape index (κ2) is 17.9. The fourth-order valence-electron chi connectivity index (χ4n) is 8.83.